The second-order valence-corrected chi connectivity index (χ2v) is 6.30. The maximum atomic E-state index is 12.6. The van der Waals surface area contributed by atoms with E-state index in [0.29, 0.717) is 23.0 Å². The van der Waals surface area contributed by atoms with E-state index in [1.165, 1.54) is 18.1 Å². The summed E-state index contributed by atoms with van der Waals surface area (Å²) in [6, 6.07) is 4.82. The van der Waals surface area contributed by atoms with Gasteiger partial charge in [-0.2, -0.15) is 8.42 Å². The predicted molar refractivity (Wildman–Crippen MR) is 101 cm³/mol. The van der Waals surface area contributed by atoms with Crippen molar-refractivity contribution in [2.75, 3.05) is 20.7 Å². The van der Waals surface area contributed by atoms with Crippen LogP contribution in [0.25, 0.3) is 0 Å². The fourth-order valence-corrected chi connectivity index (χ4v) is 2.76. The van der Waals surface area contributed by atoms with Crippen LogP contribution in [0.1, 0.15) is 31.7 Å². The van der Waals surface area contributed by atoms with E-state index in [0.717, 1.165) is 19.3 Å². The molecule has 0 radical (unpaired) electrons. The summed E-state index contributed by atoms with van der Waals surface area (Å²) in [4.78, 5) is 14.1. The van der Waals surface area contributed by atoms with Crippen LogP contribution in [0.4, 0.5) is 5.69 Å². The van der Waals surface area contributed by atoms with Gasteiger partial charge < -0.3 is 10.1 Å². The third-order valence-electron chi connectivity index (χ3n) is 3.52. The van der Waals surface area contributed by atoms with Crippen LogP contribution in [0.3, 0.4) is 0 Å². The van der Waals surface area contributed by atoms with Crippen LogP contribution in [0.15, 0.2) is 22.6 Å². The first-order valence-electron chi connectivity index (χ1n) is 7.93. The van der Waals surface area contributed by atoms with Gasteiger partial charge in [0.05, 0.1) is 13.5 Å². The Morgan fingerprint density at radius 1 is 1.36 bits per heavy atom. The van der Waals surface area contributed by atoms with Crippen molar-refractivity contribution in [1.29, 1.82) is 0 Å². The van der Waals surface area contributed by atoms with Crippen molar-refractivity contribution < 1.29 is 17.9 Å². The Bertz CT molecular complexity index is 740. The zero-order valence-corrected chi connectivity index (χ0v) is 16.2. The molecule has 0 aliphatic rings. The van der Waals surface area contributed by atoms with Crippen molar-refractivity contribution in [2.24, 2.45) is 4.36 Å². The second-order valence-electron chi connectivity index (χ2n) is 5.30. The molecular formula is C16H23N3O4S2. The number of carbonyl (C=O) groups excluding carboxylic acids is 1. The van der Waals surface area contributed by atoms with Gasteiger partial charge in [-0.1, -0.05) is 25.8 Å². The molecule has 0 bridgehead atoms. The molecule has 7 nitrogen and oxygen atoms in total. The Balaban J connectivity index is 2.99. The van der Waals surface area contributed by atoms with Crippen molar-refractivity contribution in [3.05, 3.63) is 23.8 Å². The summed E-state index contributed by atoms with van der Waals surface area (Å²) in [7, 11) is 0.498. The van der Waals surface area contributed by atoms with Crippen LogP contribution in [0.5, 0.6) is 5.75 Å². The van der Waals surface area contributed by atoms with Gasteiger partial charge in [0.15, 0.2) is 5.11 Å². The Hall–Kier alpha value is -2.00. The summed E-state index contributed by atoms with van der Waals surface area (Å²) in [5, 5.41) is 3.21. The molecule has 25 heavy (non-hydrogen) atoms. The maximum absolute atomic E-state index is 12.6. The fraction of sp³-hybridized carbons (Fsp3) is 0.500. The molecule has 1 aromatic rings. The highest BCUT2D eigenvalue weighted by Gasteiger charge is 2.18. The van der Waals surface area contributed by atoms with Gasteiger partial charge in [0.2, 0.25) is 5.91 Å². The number of carbonyl (C=O) groups is 1. The number of hydrogen-bond donors (Lipinski definition) is 1. The quantitative estimate of drug-likeness (QED) is 0.546. The third-order valence-corrected chi connectivity index (χ3v) is 4.29. The minimum absolute atomic E-state index is 0.0892. The fourth-order valence-electron chi connectivity index (χ4n) is 2.26. The molecule has 138 valence electrons. The van der Waals surface area contributed by atoms with Crippen LogP contribution in [-0.4, -0.2) is 45.0 Å². The topological polar surface area (TPSA) is 88.1 Å². The van der Waals surface area contributed by atoms with Crippen LogP contribution < -0.4 is 10.1 Å². The summed E-state index contributed by atoms with van der Waals surface area (Å²) in [5.41, 5.74) is 0.796. The van der Waals surface area contributed by atoms with Crippen LogP contribution in [-0.2, 0) is 21.7 Å². The molecule has 0 fully saturated rings. The number of nitrogens with zero attached hydrogens (tertiary/aromatic N) is 2. The average molecular weight is 386 g/mol. The van der Waals surface area contributed by atoms with Gasteiger partial charge in [-0.05, 0) is 36.3 Å². The number of thiocarbonyl (C=S) groups is 1. The van der Waals surface area contributed by atoms with Crippen molar-refractivity contribution >= 4 is 39.4 Å². The summed E-state index contributed by atoms with van der Waals surface area (Å²) < 4.78 is 30.2. The van der Waals surface area contributed by atoms with Gasteiger partial charge in [0.1, 0.15) is 11.4 Å². The summed E-state index contributed by atoms with van der Waals surface area (Å²) in [5.74, 6) is 0.167. The van der Waals surface area contributed by atoms with E-state index in [1.54, 1.807) is 19.2 Å². The molecule has 0 unspecified atom stereocenters. The van der Waals surface area contributed by atoms with Crippen LogP contribution in [0.2, 0.25) is 0 Å². The number of methoxy groups -OCH3 is 1. The van der Waals surface area contributed by atoms with Crippen molar-refractivity contribution in [3.63, 3.8) is 0 Å². The van der Waals surface area contributed by atoms with E-state index < -0.39 is 10.5 Å². The number of hydrogen-bond acceptors (Lipinski definition) is 6. The SMILES string of the molecule is CCCCCN(C(=O)Cc1ccc(OC)c(N=S(=O)=O)c1)C(=S)NC. The number of amides is 1. The van der Waals surface area contributed by atoms with Gasteiger partial charge in [-0.25, -0.2) is 0 Å². The lowest BCUT2D eigenvalue weighted by Crippen LogP contribution is -2.43. The molecule has 0 aliphatic heterocycles. The zero-order chi connectivity index (χ0) is 18.8. The minimum Gasteiger partial charge on any atom is -0.494 e. The molecule has 9 heteroatoms. The Labute approximate surface area is 155 Å². The lowest BCUT2D eigenvalue weighted by Gasteiger charge is -2.23. The van der Waals surface area contributed by atoms with E-state index in [1.807, 2.05) is 0 Å². The van der Waals surface area contributed by atoms with E-state index in [4.69, 9.17) is 17.0 Å². The first kappa shape index (κ1) is 21.0. The highest BCUT2D eigenvalue weighted by molar-refractivity contribution is 7.80. The smallest absolute Gasteiger partial charge is 0.316 e. The van der Waals surface area contributed by atoms with Gasteiger partial charge in [0.25, 0.3) is 0 Å². The van der Waals surface area contributed by atoms with Gasteiger partial charge in [-0.15, -0.1) is 4.36 Å². The Morgan fingerprint density at radius 3 is 2.64 bits per heavy atom. The normalized spacial score (nSPS) is 10.0. The number of benzene rings is 1. The number of ether oxygens (including phenoxy) is 1. The summed E-state index contributed by atoms with van der Waals surface area (Å²) in [6.45, 7) is 2.63. The standard InChI is InChI=1S/C16H23N3O4S2/c1-4-5-6-9-19(16(24)17-2)15(20)11-12-7-8-14(23-3)13(10-12)18-25(21)22/h7-8,10H,4-6,9,11H2,1-3H3,(H,17,24). The van der Waals surface area contributed by atoms with Gasteiger partial charge in [0, 0.05) is 13.6 Å². The van der Waals surface area contributed by atoms with E-state index in [2.05, 4.69) is 16.6 Å². The molecule has 1 N–H and O–H groups in total. The monoisotopic (exact) mass is 385 g/mol. The van der Waals surface area contributed by atoms with Crippen molar-refractivity contribution in [3.8, 4) is 5.75 Å². The first-order valence-corrected chi connectivity index (χ1v) is 9.37. The molecule has 0 aliphatic carbocycles. The van der Waals surface area contributed by atoms with Gasteiger partial charge in [-0.3, -0.25) is 9.69 Å². The number of unbranched alkanes of at least 4 members (excludes halogenated alkanes) is 2. The van der Waals surface area contributed by atoms with Crippen molar-refractivity contribution in [2.45, 2.75) is 32.6 Å². The molecule has 0 aromatic heterocycles. The zero-order valence-electron chi connectivity index (χ0n) is 14.6. The molecule has 0 saturated carbocycles. The van der Waals surface area contributed by atoms with E-state index >= 15 is 0 Å². The molecule has 0 saturated heterocycles. The lowest BCUT2D eigenvalue weighted by molar-refractivity contribution is -0.126. The Morgan fingerprint density at radius 2 is 2.08 bits per heavy atom. The molecule has 1 amide bonds. The summed E-state index contributed by atoms with van der Waals surface area (Å²) in [6.07, 6.45) is 3.01. The largest absolute Gasteiger partial charge is 0.494 e. The average Bonchev–Trinajstić information content (AvgIpc) is 2.57. The molecule has 0 heterocycles. The van der Waals surface area contributed by atoms with E-state index in [9.17, 15) is 13.2 Å². The molecule has 1 aromatic carbocycles. The number of nitrogens with one attached hydrogen (secondary N) is 1. The highest BCUT2D eigenvalue weighted by Crippen LogP contribution is 2.28. The lowest BCUT2D eigenvalue weighted by atomic mass is 10.1. The minimum atomic E-state index is -2.60. The van der Waals surface area contributed by atoms with Crippen LogP contribution >= 0.6 is 12.2 Å². The molecule has 0 atom stereocenters. The summed E-state index contributed by atoms with van der Waals surface area (Å²) >= 11 is 5.22. The predicted octanol–water partition coefficient (Wildman–Crippen LogP) is 2.46. The third kappa shape index (κ3) is 6.79. The highest BCUT2D eigenvalue weighted by atomic mass is 32.2. The maximum Gasteiger partial charge on any atom is 0.316 e. The molecule has 0 spiro atoms. The first-order chi connectivity index (χ1) is 11.9. The van der Waals surface area contributed by atoms with Crippen molar-refractivity contribution in [1.82, 2.24) is 10.2 Å². The Kier molecular flexibility index (Phi) is 9.07. The van der Waals surface area contributed by atoms with Crippen LogP contribution in [0, 0.1) is 0 Å². The van der Waals surface area contributed by atoms with Gasteiger partial charge >= 0.3 is 10.5 Å². The van der Waals surface area contributed by atoms with E-state index in [-0.39, 0.29) is 18.0 Å². The molecule has 1 rings (SSSR count). The molecular weight excluding hydrogens is 362 g/mol. The second kappa shape index (κ2) is 10.8. The number of rotatable bonds is 8.